The SMILES string of the molecule is O=C1NCCC[C@]12CN(CC1CCC1)CC[C@@H]2O. The van der Waals surface area contributed by atoms with Crippen molar-refractivity contribution in [2.45, 2.75) is 44.6 Å². The van der Waals surface area contributed by atoms with Crippen LogP contribution in [0.2, 0.25) is 0 Å². The Hall–Kier alpha value is -0.610. The van der Waals surface area contributed by atoms with E-state index in [1.165, 1.54) is 19.3 Å². The lowest BCUT2D eigenvalue weighted by atomic mass is 9.71. The predicted molar refractivity (Wildman–Crippen MR) is 69.1 cm³/mol. The topological polar surface area (TPSA) is 52.6 Å². The number of carbonyl (C=O) groups is 1. The highest BCUT2D eigenvalue weighted by molar-refractivity contribution is 5.84. The number of piperidine rings is 2. The summed E-state index contributed by atoms with van der Waals surface area (Å²) >= 11 is 0. The van der Waals surface area contributed by atoms with Crippen LogP contribution < -0.4 is 5.32 Å². The minimum Gasteiger partial charge on any atom is -0.392 e. The molecule has 0 radical (unpaired) electrons. The summed E-state index contributed by atoms with van der Waals surface area (Å²) in [6, 6.07) is 0. The van der Waals surface area contributed by atoms with E-state index in [1.54, 1.807) is 0 Å². The van der Waals surface area contributed by atoms with Crippen LogP contribution >= 0.6 is 0 Å². The number of aliphatic hydroxyl groups excluding tert-OH is 1. The maximum atomic E-state index is 12.2. The van der Waals surface area contributed by atoms with E-state index in [1.807, 2.05) is 0 Å². The van der Waals surface area contributed by atoms with Crippen LogP contribution in [0, 0.1) is 11.3 Å². The number of aliphatic hydroxyl groups is 1. The molecule has 4 heteroatoms. The van der Waals surface area contributed by atoms with E-state index in [4.69, 9.17) is 0 Å². The first-order valence-electron chi connectivity index (χ1n) is 7.39. The summed E-state index contributed by atoms with van der Waals surface area (Å²) in [6.45, 7) is 3.61. The van der Waals surface area contributed by atoms with E-state index in [9.17, 15) is 9.90 Å². The molecule has 2 atom stereocenters. The number of rotatable bonds is 2. The summed E-state index contributed by atoms with van der Waals surface area (Å²) in [4.78, 5) is 14.6. The van der Waals surface area contributed by atoms with Gasteiger partial charge in [0, 0.05) is 26.2 Å². The number of amides is 1. The highest BCUT2D eigenvalue weighted by Gasteiger charge is 2.49. The lowest BCUT2D eigenvalue weighted by Gasteiger charge is -2.48. The number of carbonyl (C=O) groups excluding carboxylic acids is 1. The number of nitrogens with one attached hydrogen (secondary N) is 1. The molecule has 18 heavy (non-hydrogen) atoms. The van der Waals surface area contributed by atoms with E-state index < -0.39 is 11.5 Å². The first kappa shape index (κ1) is 12.4. The average molecular weight is 252 g/mol. The van der Waals surface area contributed by atoms with Gasteiger partial charge >= 0.3 is 0 Å². The molecule has 2 N–H and O–H groups in total. The normalized spacial score (nSPS) is 38.5. The van der Waals surface area contributed by atoms with Gasteiger partial charge in [-0.2, -0.15) is 0 Å². The van der Waals surface area contributed by atoms with Crippen molar-refractivity contribution in [1.29, 1.82) is 0 Å². The van der Waals surface area contributed by atoms with Gasteiger partial charge in [0.15, 0.2) is 0 Å². The molecule has 0 bridgehead atoms. The quantitative estimate of drug-likeness (QED) is 0.762. The molecule has 0 unspecified atom stereocenters. The lowest BCUT2D eigenvalue weighted by Crippen LogP contribution is -2.61. The van der Waals surface area contributed by atoms with Crippen molar-refractivity contribution in [2.24, 2.45) is 11.3 Å². The van der Waals surface area contributed by atoms with Gasteiger partial charge in [0.05, 0.1) is 11.5 Å². The molecule has 3 rings (SSSR count). The second-order valence-electron chi connectivity index (χ2n) is 6.35. The fraction of sp³-hybridized carbons (Fsp3) is 0.929. The highest BCUT2D eigenvalue weighted by atomic mass is 16.3. The molecule has 1 amide bonds. The summed E-state index contributed by atoms with van der Waals surface area (Å²) in [5, 5.41) is 13.2. The zero-order valence-corrected chi connectivity index (χ0v) is 11.0. The van der Waals surface area contributed by atoms with Gasteiger partial charge in [0.2, 0.25) is 5.91 Å². The minimum atomic E-state index is -0.514. The first-order chi connectivity index (χ1) is 8.71. The molecular weight excluding hydrogens is 228 g/mol. The number of hydrogen-bond donors (Lipinski definition) is 2. The monoisotopic (exact) mass is 252 g/mol. The largest absolute Gasteiger partial charge is 0.392 e. The highest BCUT2D eigenvalue weighted by Crippen LogP contribution is 2.38. The number of nitrogens with zero attached hydrogens (tertiary/aromatic N) is 1. The third-order valence-electron chi connectivity index (χ3n) is 5.14. The fourth-order valence-electron chi connectivity index (χ4n) is 3.73. The van der Waals surface area contributed by atoms with Gasteiger partial charge in [-0.1, -0.05) is 6.42 Å². The Labute approximate surface area is 109 Å². The minimum absolute atomic E-state index is 0.0829. The molecular formula is C14H24N2O2. The predicted octanol–water partition coefficient (Wildman–Crippen LogP) is 0.749. The molecule has 0 aromatic carbocycles. The summed E-state index contributed by atoms with van der Waals surface area (Å²) in [6.07, 6.45) is 6.21. The van der Waals surface area contributed by atoms with Gasteiger partial charge in [0.1, 0.15) is 0 Å². The van der Waals surface area contributed by atoms with Gasteiger partial charge in [-0.15, -0.1) is 0 Å². The van der Waals surface area contributed by atoms with Crippen LogP contribution in [-0.2, 0) is 4.79 Å². The van der Waals surface area contributed by atoms with Crippen molar-refractivity contribution >= 4 is 5.91 Å². The Balaban J connectivity index is 1.68. The first-order valence-corrected chi connectivity index (χ1v) is 7.39. The van der Waals surface area contributed by atoms with Gasteiger partial charge in [-0.05, 0) is 38.0 Å². The fourth-order valence-corrected chi connectivity index (χ4v) is 3.73. The Morgan fingerprint density at radius 1 is 1.33 bits per heavy atom. The molecule has 1 aliphatic carbocycles. The van der Waals surface area contributed by atoms with Crippen molar-refractivity contribution in [3.05, 3.63) is 0 Å². The Kier molecular flexibility index (Phi) is 3.32. The van der Waals surface area contributed by atoms with Crippen LogP contribution in [-0.4, -0.2) is 48.2 Å². The van der Waals surface area contributed by atoms with Gasteiger partial charge in [-0.3, -0.25) is 4.79 Å². The zero-order valence-electron chi connectivity index (χ0n) is 11.0. The van der Waals surface area contributed by atoms with E-state index in [0.29, 0.717) is 0 Å². The lowest BCUT2D eigenvalue weighted by molar-refractivity contribution is -0.149. The molecule has 2 saturated heterocycles. The number of hydrogen-bond acceptors (Lipinski definition) is 3. The van der Waals surface area contributed by atoms with Crippen LogP contribution in [0.3, 0.4) is 0 Å². The van der Waals surface area contributed by atoms with Gasteiger partial charge < -0.3 is 15.3 Å². The zero-order chi connectivity index (χ0) is 12.6. The van der Waals surface area contributed by atoms with E-state index in [-0.39, 0.29) is 5.91 Å². The molecule has 0 aromatic heterocycles. The molecule has 0 aromatic rings. The third kappa shape index (κ3) is 2.05. The van der Waals surface area contributed by atoms with Crippen LogP contribution in [0.4, 0.5) is 0 Å². The molecule has 4 nitrogen and oxygen atoms in total. The molecule has 2 heterocycles. The van der Waals surface area contributed by atoms with Crippen molar-refractivity contribution in [2.75, 3.05) is 26.2 Å². The summed E-state index contributed by atoms with van der Waals surface area (Å²) in [5.41, 5.74) is -0.514. The van der Waals surface area contributed by atoms with Crippen LogP contribution in [0.1, 0.15) is 38.5 Å². The Morgan fingerprint density at radius 3 is 2.83 bits per heavy atom. The molecule has 3 aliphatic rings. The van der Waals surface area contributed by atoms with Crippen molar-refractivity contribution in [3.8, 4) is 0 Å². The average Bonchev–Trinajstić information content (AvgIpc) is 2.32. The smallest absolute Gasteiger partial charge is 0.230 e. The molecule has 102 valence electrons. The second-order valence-corrected chi connectivity index (χ2v) is 6.35. The van der Waals surface area contributed by atoms with E-state index in [2.05, 4.69) is 10.2 Å². The van der Waals surface area contributed by atoms with Crippen molar-refractivity contribution in [3.63, 3.8) is 0 Å². The summed E-state index contributed by atoms with van der Waals surface area (Å²) < 4.78 is 0. The third-order valence-corrected chi connectivity index (χ3v) is 5.14. The van der Waals surface area contributed by atoms with Crippen LogP contribution in [0.15, 0.2) is 0 Å². The Bertz CT molecular complexity index is 330. The molecule has 1 spiro atoms. The molecule has 2 aliphatic heterocycles. The Morgan fingerprint density at radius 2 is 2.17 bits per heavy atom. The van der Waals surface area contributed by atoms with Gasteiger partial charge in [-0.25, -0.2) is 0 Å². The maximum absolute atomic E-state index is 12.2. The molecule has 1 saturated carbocycles. The van der Waals surface area contributed by atoms with Crippen LogP contribution in [0.5, 0.6) is 0 Å². The van der Waals surface area contributed by atoms with E-state index in [0.717, 1.165) is 51.4 Å². The van der Waals surface area contributed by atoms with Crippen molar-refractivity contribution in [1.82, 2.24) is 10.2 Å². The van der Waals surface area contributed by atoms with Crippen molar-refractivity contribution < 1.29 is 9.90 Å². The van der Waals surface area contributed by atoms with Crippen LogP contribution in [0.25, 0.3) is 0 Å². The number of likely N-dealkylation sites (tertiary alicyclic amines) is 1. The second kappa shape index (κ2) is 4.82. The standard InChI is InChI=1S/C14H24N2O2/c17-12-5-8-16(9-11-3-1-4-11)10-14(12)6-2-7-15-13(14)18/h11-12,17H,1-10H2,(H,15,18)/t12-,14+/m0/s1. The molecule has 3 fully saturated rings. The summed E-state index contributed by atoms with van der Waals surface area (Å²) in [5.74, 6) is 0.920. The summed E-state index contributed by atoms with van der Waals surface area (Å²) in [7, 11) is 0. The maximum Gasteiger partial charge on any atom is 0.230 e. The van der Waals surface area contributed by atoms with E-state index >= 15 is 0 Å². The van der Waals surface area contributed by atoms with Gasteiger partial charge in [0.25, 0.3) is 0 Å².